The predicted molar refractivity (Wildman–Crippen MR) is 83.3 cm³/mol. The second kappa shape index (κ2) is 7.32. The third kappa shape index (κ3) is 4.38. The van der Waals surface area contributed by atoms with Crippen molar-refractivity contribution < 1.29 is 9.50 Å². The third-order valence-corrected chi connectivity index (χ3v) is 4.44. The molecule has 2 aromatic rings. The van der Waals surface area contributed by atoms with Gasteiger partial charge in [-0.2, -0.15) is 0 Å². The fourth-order valence-electron chi connectivity index (χ4n) is 1.74. The van der Waals surface area contributed by atoms with Gasteiger partial charge in [-0.3, -0.25) is 0 Å². The second-order valence-corrected chi connectivity index (χ2v) is 6.27. The minimum absolute atomic E-state index is 0.0834. The van der Waals surface area contributed by atoms with Crippen LogP contribution in [0.15, 0.2) is 47.4 Å². The second-order valence-electron chi connectivity index (χ2n) is 4.34. The summed E-state index contributed by atoms with van der Waals surface area (Å²) >= 11 is 13.0. The van der Waals surface area contributed by atoms with Crippen LogP contribution >= 0.6 is 35.0 Å². The smallest absolute Gasteiger partial charge is 0.145 e. The van der Waals surface area contributed by atoms with Crippen LogP contribution in [0.5, 0.6) is 0 Å². The van der Waals surface area contributed by atoms with Gasteiger partial charge < -0.3 is 5.11 Å². The van der Waals surface area contributed by atoms with E-state index in [1.807, 2.05) is 12.1 Å². The lowest BCUT2D eigenvalue weighted by atomic mass is 10.1. The van der Waals surface area contributed by atoms with Crippen LogP contribution in [0.3, 0.4) is 0 Å². The molecule has 1 unspecified atom stereocenters. The summed E-state index contributed by atoms with van der Waals surface area (Å²) < 4.78 is 13.7. The average Bonchev–Trinajstić information content (AvgIpc) is 2.43. The molecule has 0 aliphatic heterocycles. The largest absolute Gasteiger partial charge is 0.392 e. The van der Waals surface area contributed by atoms with Gasteiger partial charge in [-0.15, -0.1) is 11.8 Å². The van der Waals surface area contributed by atoms with Crippen LogP contribution in [0.25, 0.3) is 0 Å². The van der Waals surface area contributed by atoms with Crippen molar-refractivity contribution in [1.82, 2.24) is 0 Å². The highest BCUT2D eigenvalue weighted by molar-refractivity contribution is 7.99. The lowest BCUT2D eigenvalue weighted by molar-refractivity contribution is 0.199. The normalized spacial score (nSPS) is 12.4. The molecule has 2 rings (SSSR count). The summed E-state index contributed by atoms with van der Waals surface area (Å²) in [6, 6.07) is 12.2. The highest BCUT2D eigenvalue weighted by atomic mass is 35.5. The van der Waals surface area contributed by atoms with Crippen molar-refractivity contribution in [2.75, 3.05) is 5.75 Å². The maximum Gasteiger partial charge on any atom is 0.145 e. The van der Waals surface area contributed by atoms with Crippen molar-refractivity contribution in [3.05, 3.63) is 63.9 Å². The highest BCUT2D eigenvalue weighted by Gasteiger charge is 2.12. The zero-order valence-electron chi connectivity index (χ0n) is 10.5. The lowest BCUT2D eigenvalue weighted by Crippen LogP contribution is -2.14. The maximum atomic E-state index is 13.7. The Bertz CT molecular complexity index is 575. The van der Waals surface area contributed by atoms with Gasteiger partial charge in [0.25, 0.3) is 0 Å². The van der Waals surface area contributed by atoms with Crippen LogP contribution in [0.2, 0.25) is 10.0 Å². The molecule has 1 atom stereocenters. The molecule has 0 fully saturated rings. The maximum absolute atomic E-state index is 13.7. The van der Waals surface area contributed by atoms with Crippen molar-refractivity contribution in [1.29, 1.82) is 0 Å². The molecule has 106 valence electrons. The van der Waals surface area contributed by atoms with E-state index in [9.17, 15) is 9.50 Å². The molecular weight excluding hydrogens is 318 g/mol. The molecule has 0 saturated heterocycles. The number of halogens is 3. The van der Waals surface area contributed by atoms with Gasteiger partial charge in [-0.25, -0.2) is 4.39 Å². The van der Waals surface area contributed by atoms with Crippen molar-refractivity contribution in [3.63, 3.8) is 0 Å². The molecule has 5 heteroatoms. The first-order valence-electron chi connectivity index (χ1n) is 6.05. The number of thioether (sulfide) groups is 1. The van der Waals surface area contributed by atoms with Gasteiger partial charge in [0, 0.05) is 22.1 Å². The topological polar surface area (TPSA) is 20.2 Å². The molecule has 0 aliphatic rings. The molecule has 0 heterocycles. The van der Waals surface area contributed by atoms with E-state index in [1.165, 1.54) is 17.8 Å². The Morgan fingerprint density at radius 1 is 1.10 bits per heavy atom. The number of aliphatic hydroxyl groups excluding tert-OH is 1. The summed E-state index contributed by atoms with van der Waals surface area (Å²) in [7, 11) is 0. The van der Waals surface area contributed by atoms with E-state index in [0.29, 0.717) is 16.3 Å². The van der Waals surface area contributed by atoms with E-state index in [1.54, 1.807) is 24.3 Å². The zero-order chi connectivity index (χ0) is 14.5. The summed E-state index contributed by atoms with van der Waals surface area (Å²) in [6.45, 7) is 0. The number of aliphatic hydroxyl groups is 1. The van der Waals surface area contributed by atoms with Gasteiger partial charge in [-0.1, -0.05) is 35.3 Å². The van der Waals surface area contributed by atoms with Crippen LogP contribution in [0.1, 0.15) is 5.56 Å². The molecule has 2 aromatic carbocycles. The molecule has 20 heavy (non-hydrogen) atoms. The highest BCUT2D eigenvalue weighted by Crippen LogP contribution is 2.23. The summed E-state index contributed by atoms with van der Waals surface area (Å²) in [6.07, 6.45) is -0.392. The number of hydrogen-bond donors (Lipinski definition) is 1. The SMILES string of the molecule is OC(CSc1ccc(Cl)cc1)Cc1cccc(Cl)c1F. The van der Waals surface area contributed by atoms with Crippen LogP contribution in [-0.4, -0.2) is 17.0 Å². The quantitative estimate of drug-likeness (QED) is 0.792. The molecule has 1 nitrogen and oxygen atoms in total. The van der Waals surface area contributed by atoms with Gasteiger partial charge in [-0.05, 0) is 35.9 Å². The Morgan fingerprint density at radius 2 is 1.80 bits per heavy atom. The third-order valence-electron chi connectivity index (χ3n) is 2.74. The predicted octanol–water partition coefficient (Wildman–Crippen LogP) is 4.83. The molecule has 1 N–H and O–H groups in total. The molecule has 0 radical (unpaired) electrons. The van der Waals surface area contributed by atoms with Crippen molar-refractivity contribution >= 4 is 35.0 Å². The molecular formula is C15H13Cl2FOS. The van der Waals surface area contributed by atoms with Crippen LogP contribution in [0, 0.1) is 5.82 Å². The molecule has 0 aromatic heterocycles. The Hall–Kier alpha value is -0.740. The Balaban J connectivity index is 1.91. The first-order chi connectivity index (χ1) is 9.56. The average molecular weight is 331 g/mol. The zero-order valence-corrected chi connectivity index (χ0v) is 12.9. The minimum atomic E-state index is -0.636. The van der Waals surface area contributed by atoms with Crippen LogP contribution in [0.4, 0.5) is 4.39 Å². The Kier molecular flexibility index (Phi) is 5.73. The van der Waals surface area contributed by atoms with Gasteiger partial charge in [0.05, 0.1) is 11.1 Å². The van der Waals surface area contributed by atoms with E-state index in [2.05, 4.69) is 0 Å². The summed E-state index contributed by atoms with van der Waals surface area (Å²) in [4.78, 5) is 1.01. The van der Waals surface area contributed by atoms with Gasteiger partial charge in [0.15, 0.2) is 0 Å². The van der Waals surface area contributed by atoms with Crippen molar-refractivity contribution in [3.8, 4) is 0 Å². The summed E-state index contributed by atoms with van der Waals surface area (Å²) in [5.74, 6) is 0.0258. The van der Waals surface area contributed by atoms with E-state index in [-0.39, 0.29) is 11.4 Å². The molecule has 0 aliphatic carbocycles. The van der Waals surface area contributed by atoms with Gasteiger partial charge in [0.1, 0.15) is 5.82 Å². The van der Waals surface area contributed by atoms with E-state index < -0.39 is 11.9 Å². The Labute approximate surface area is 131 Å². The Morgan fingerprint density at radius 3 is 2.50 bits per heavy atom. The molecule has 0 spiro atoms. The first kappa shape index (κ1) is 15.6. The molecule has 0 saturated carbocycles. The van der Waals surface area contributed by atoms with Gasteiger partial charge in [0.2, 0.25) is 0 Å². The lowest BCUT2D eigenvalue weighted by Gasteiger charge is -2.11. The molecule has 0 amide bonds. The number of hydrogen-bond acceptors (Lipinski definition) is 2. The first-order valence-corrected chi connectivity index (χ1v) is 7.79. The summed E-state index contributed by atoms with van der Waals surface area (Å²) in [5.41, 5.74) is 0.432. The van der Waals surface area contributed by atoms with Gasteiger partial charge >= 0.3 is 0 Å². The fourth-order valence-corrected chi connectivity index (χ4v) is 2.89. The molecule has 0 bridgehead atoms. The van der Waals surface area contributed by atoms with Crippen molar-refractivity contribution in [2.45, 2.75) is 17.4 Å². The van der Waals surface area contributed by atoms with Crippen LogP contribution in [-0.2, 0) is 6.42 Å². The summed E-state index contributed by atoms with van der Waals surface area (Å²) in [5, 5.41) is 10.7. The van der Waals surface area contributed by atoms with E-state index in [4.69, 9.17) is 23.2 Å². The van der Waals surface area contributed by atoms with E-state index >= 15 is 0 Å². The standard InChI is InChI=1S/C15H13Cl2FOS/c16-11-4-6-13(7-5-11)20-9-12(19)8-10-2-1-3-14(17)15(10)18/h1-7,12,19H,8-9H2. The number of benzene rings is 2. The monoisotopic (exact) mass is 330 g/mol. The fraction of sp³-hybridized carbons (Fsp3) is 0.200. The minimum Gasteiger partial charge on any atom is -0.392 e. The number of rotatable bonds is 5. The van der Waals surface area contributed by atoms with Crippen LogP contribution < -0.4 is 0 Å². The van der Waals surface area contributed by atoms with Crippen molar-refractivity contribution in [2.24, 2.45) is 0 Å². The van der Waals surface area contributed by atoms with E-state index in [0.717, 1.165) is 4.90 Å².